The van der Waals surface area contributed by atoms with Gasteiger partial charge in [-0.25, -0.2) is 14.8 Å². The lowest BCUT2D eigenvalue weighted by atomic mass is 9.98. The number of piperidine rings is 1. The molecule has 0 bridgehead atoms. The number of nitrogens with zero attached hydrogens (tertiary/aromatic N) is 3. The smallest absolute Gasteiger partial charge is 0.323 e. The number of aliphatic hydroxyl groups excluding tert-OH is 1. The Morgan fingerprint density at radius 2 is 2.07 bits per heavy atom. The van der Waals surface area contributed by atoms with Crippen molar-refractivity contribution in [2.45, 2.75) is 32.5 Å². The van der Waals surface area contributed by atoms with E-state index in [2.05, 4.69) is 34.9 Å². The number of thiazole rings is 1. The number of nitrogens with one attached hydrogen (secondary N) is 1. The molecule has 0 unspecified atom stereocenters. The summed E-state index contributed by atoms with van der Waals surface area (Å²) in [4.78, 5) is 23.6. The fourth-order valence-corrected chi connectivity index (χ4v) is 4.35. The predicted octanol–water partition coefficient (Wildman–Crippen LogP) is 3.08. The average Bonchev–Trinajstić information content (AvgIpc) is 3.29. The number of hydrogen-bond donors (Lipinski definition) is 2. The van der Waals surface area contributed by atoms with Crippen LogP contribution in [-0.4, -0.2) is 53.8 Å². The first-order valence-electron chi connectivity index (χ1n) is 9.12. The van der Waals surface area contributed by atoms with Gasteiger partial charge in [0.25, 0.3) is 0 Å². The molecule has 2 aromatic rings. The van der Waals surface area contributed by atoms with Gasteiger partial charge in [0.1, 0.15) is 13.5 Å². The Hall–Kier alpha value is -1.97. The van der Waals surface area contributed by atoms with Gasteiger partial charge in [0.2, 0.25) is 5.89 Å². The summed E-state index contributed by atoms with van der Waals surface area (Å²) >= 11 is 1.40. The normalized spacial score (nSPS) is 16.2. The van der Waals surface area contributed by atoms with Crippen molar-refractivity contribution in [3.63, 3.8) is 0 Å². The van der Waals surface area contributed by atoms with Gasteiger partial charge < -0.3 is 14.4 Å². The topological polar surface area (TPSA) is 91.5 Å². The maximum atomic E-state index is 12.3. The van der Waals surface area contributed by atoms with Crippen molar-refractivity contribution in [3.8, 4) is 0 Å². The molecule has 0 aromatic carbocycles. The van der Waals surface area contributed by atoms with Crippen LogP contribution in [0, 0.1) is 5.92 Å². The number of aliphatic hydroxyl groups is 1. The number of likely N-dealkylation sites (tertiary alicyclic amines) is 1. The number of oxazole rings is 1. The predicted molar refractivity (Wildman–Crippen MR) is 111 cm³/mol. The van der Waals surface area contributed by atoms with Crippen LogP contribution in [0.15, 0.2) is 16.8 Å². The fraction of sp³-hybridized carbons (Fsp3) is 0.500. The minimum Gasteiger partial charge on any atom is -0.447 e. The third-order valence-electron chi connectivity index (χ3n) is 4.55. The molecule has 9 heteroatoms. The molecule has 3 rings (SSSR count). The van der Waals surface area contributed by atoms with E-state index in [1.165, 1.54) is 11.3 Å². The Morgan fingerprint density at radius 1 is 1.33 bits per heavy atom. The van der Waals surface area contributed by atoms with Crippen molar-refractivity contribution in [2.75, 3.05) is 25.0 Å². The lowest BCUT2D eigenvalue weighted by Crippen LogP contribution is -2.41. The molecule has 0 saturated carbocycles. The van der Waals surface area contributed by atoms with Crippen LogP contribution in [0.1, 0.15) is 23.6 Å². The Bertz CT molecular complexity index is 804. The molecular weight excluding hydrogens is 380 g/mol. The number of aromatic nitrogens is 2. The number of hydrogen-bond acceptors (Lipinski definition) is 6. The molecule has 0 atom stereocenters. The third-order valence-corrected chi connectivity index (χ3v) is 7.14. The van der Waals surface area contributed by atoms with E-state index in [1.807, 2.05) is 18.3 Å². The Labute approximate surface area is 164 Å². The van der Waals surface area contributed by atoms with Gasteiger partial charge in [-0.05, 0) is 24.8 Å². The number of urea groups is 1. The molecule has 27 heavy (non-hydrogen) atoms. The Kier molecular flexibility index (Phi) is 6.13. The van der Waals surface area contributed by atoms with E-state index in [9.17, 15) is 9.90 Å². The van der Waals surface area contributed by atoms with E-state index < -0.39 is 8.07 Å². The van der Waals surface area contributed by atoms with Gasteiger partial charge in [-0.3, -0.25) is 5.32 Å². The molecule has 2 N–H and O–H groups in total. The Morgan fingerprint density at radius 3 is 2.70 bits per heavy atom. The highest BCUT2D eigenvalue weighted by Gasteiger charge is 2.23. The van der Waals surface area contributed by atoms with E-state index in [0.717, 1.165) is 23.1 Å². The quantitative estimate of drug-likeness (QED) is 0.745. The van der Waals surface area contributed by atoms with Crippen LogP contribution in [0.25, 0.3) is 12.2 Å². The van der Waals surface area contributed by atoms with Crippen LogP contribution in [0.2, 0.25) is 19.6 Å². The lowest BCUT2D eigenvalue weighted by Gasteiger charge is -2.30. The van der Waals surface area contributed by atoms with Crippen molar-refractivity contribution < 1.29 is 14.3 Å². The summed E-state index contributed by atoms with van der Waals surface area (Å²) in [6.07, 6.45) is 8.92. The second-order valence-electron chi connectivity index (χ2n) is 7.76. The van der Waals surface area contributed by atoms with Crippen LogP contribution >= 0.6 is 11.3 Å². The molecule has 3 heterocycles. The van der Waals surface area contributed by atoms with Crippen molar-refractivity contribution in [2.24, 2.45) is 5.92 Å². The fourth-order valence-electron chi connectivity index (χ4n) is 2.78. The summed E-state index contributed by atoms with van der Waals surface area (Å²) < 4.78 is 5.79. The van der Waals surface area contributed by atoms with Crippen molar-refractivity contribution in [1.82, 2.24) is 14.9 Å². The highest BCUT2D eigenvalue weighted by molar-refractivity contribution is 7.16. The molecule has 1 aliphatic rings. The number of anilines is 1. The molecule has 0 radical (unpaired) electrons. The molecule has 2 amide bonds. The van der Waals surface area contributed by atoms with Crippen molar-refractivity contribution in [1.29, 1.82) is 0 Å². The van der Waals surface area contributed by atoms with E-state index in [0.29, 0.717) is 30.0 Å². The summed E-state index contributed by atoms with van der Waals surface area (Å²) in [7, 11) is -1.50. The van der Waals surface area contributed by atoms with Gasteiger partial charge in [-0.2, -0.15) is 0 Å². The molecule has 2 aromatic heterocycles. The summed E-state index contributed by atoms with van der Waals surface area (Å²) in [5.41, 5.74) is 0. The summed E-state index contributed by atoms with van der Waals surface area (Å²) in [5.74, 6) is 0.889. The van der Waals surface area contributed by atoms with E-state index in [4.69, 9.17) is 4.42 Å². The van der Waals surface area contributed by atoms with Crippen LogP contribution < -0.4 is 10.7 Å². The summed E-state index contributed by atoms with van der Waals surface area (Å²) in [6.45, 7) is 8.17. The SMILES string of the molecule is C[Si](C)(C)c1cnc(C=Cc2cnc(NC(=O)N3CCC(CO)CC3)s2)o1. The van der Waals surface area contributed by atoms with Crippen LogP contribution in [0.4, 0.5) is 9.93 Å². The first-order valence-corrected chi connectivity index (χ1v) is 13.4. The first kappa shape index (κ1) is 19.8. The zero-order chi connectivity index (χ0) is 19.4. The van der Waals surface area contributed by atoms with Gasteiger partial charge in [-0.1, -0.05) is 31.0 Å². The number of carbonyl (C=O) groups is 1. The van der Waals surface area contributed by atoms with E-state index in [-0.39, 0.29) is 12.6 Å². The van der Waals surface area contributed by atoms with Crippen LogP contribution in [-0.2, 0) is 0 Å². The monoisotopic (exact) mass is 406 g/mol. The number of amides is 2. The lowest BCUT2D eigenvalue weighted by molar-refractivity contribution is 0.143. The van der Waals surface area contributed by atoms with Crippen molar-refractivity contribution >= 4 is 48.1 Å². The number of rotatable bonds is 5. The molecule has 7 nitrogen and oxygen atoms in total. The highest BCUT2D eigenvalue weighted by atomic mass is 32.1. The zero-order valence-electron chi connectivity index (χ0n) is 15.9. The molecule has 1 fully saturated rings. The molecule has 1 aliphatic heterocycles. The molecule has 0 aliphatic carbocycles. The first-order chi connectivity index (χ1) is 12.8. The minimum atomic E-state index is -1.50. The standard InChI is InChI=1S/C18H26N4O3SSi/c1-27(2,3)16-11-19-15(25-16)5-4-14-10-20-17(26-14)21-18(24)22-8-6-13(12-23)7-9-22/h4-5,10-11,13,23H,6-9,12H2,1-3H3,(H,20,21,24). The highest BCUT2D eigenvalue weighted by Crippen LogP contribution is 2.22. The molecule has 1 saturated heterocycles. The van der Waals surface area contributed by atoms with Crippen LogP contribution in [0.3, 0.4) is 0 Å². The van der Waals surface area contributed by atoms with Crippen molar-refractivity contribution in [3.05, 3.63) is 23.2 Å². The minimum absolute atomic E-state index is 0.135. The van der Waals surface area contributed by atoms with E-state index in [1.54, 1.807) is 11.1 Å². The van der Waals surface area contributed by atoms with Crippen LogP contribution in [0.5, 0.6) is 0 Å². The molecular formula is C18H26N4O3SSi. The van der Waals surface area contributed by atoms with Gasteiger partial charge in [0.05, 0.1) is 6.20 Å². The van der Waals surface area contributed by atoms with Gasteiger partial charge in [0, 0.05) is 36.8 Å². The maximum Gasteiger partial charge on any atom is 0.323 e. The molecule has 0 spiro atoms. The summed E-state index contributed by atoms with van der Waals surface area (Å²) in [5, 5.41) is 13.6. The number of carbonyl (C=O) groups excluding carboxylic acids is 1. The largest absolute Gasteiger partial charge is 0.447 e. The van der Waals surface area contributed by atoms with E-state index >= 15 is 0 Å². The van der Waals surface area contributed by atoms with Gasteiger partial charge in [-0.15, -0.1) is 0 Å². The Balaban J connectivity index is 1.55. The second kappa shape index (κ2) is 8.36. The average molecular weight is 407 g/mol. The third kappa shape index (κ3) is 5.27. The summed E-state index contributed by atoms with van der Waals surface area (Å²) in [6, 6.07) is -0.135. The maximum absolute atomic E-state index is 12.3. The zero-order valence-corrected chi connectivity index (χ0v) is 17.8. The van der Waals surface area contributed by atoms with Gasteiger partial charge in [0.15, 0.2) is 5.13 Å². The molecule has 146 valence electrons. The van der Waals surface area contributed by atoms with Gasteiger partial charge >= 0.3 is 6.03 Å². The second-order valence-corrected chi connectivity index (χ2v) is 13.8.